The molecule has 0 radical (unpaired) electrons. The number of aromatic nitrogens is 2. The zero-order valence-electron chi connectivity index (χ0n) is 12.9. The predicted molar refractivity (Wildman–Crippen MR) is 88.8 cm³/mol. The van der Waals surface area contributed by atoms with Crippen molar-refractivity contribution < 1.29 is 4.39 Å². The lowest BCUT2D eigenvalue weighted by Crippen LogP contribution is -2.39. The minimum atomic E-state index is -0.321. The van der Waals surface area contributed by atoms with E-state index in [4.69, 9.17) is 5.73 Å². The van der Waals surface area contributed by atoms with Crippen LogP contribution in [0.3, 0.4) is 0 Å². The highest BCUT2D eigenvalue weighted by Crippen LogP contribution is 2.25. The van der Waals surface area contributed by atoms with Gasteiger partial charge in [-0.05, 0) is 49.7 Å². The summed E-state index contributed by atoms with van der Waals surface area (Å²) in [7, 11) is 0. The van der Waals surface area contributed by atoms with Gasteiger partial charge in [-0.2, -0.15) is 0 Å². The number of benzene rings is 1. The fraction of sp³-hybridized carbons (Fsp3) is 0.533. The number of hydrogen-bond donors (Lipinski definition) is 1. The lowest BCUT2D eigenvalue weighted by Gasteiger charge is -2.30. The number of nitrogen functional groups attached to an aromatic ring is 1. The Morgan fingerprint density at radius 3 is 2.48 bits per heavy atom. The van der Waals surface area contributed by atoms with Gasteiger partial charge < -0.3 is 10.3 Å². The third-order valence-electron chi connectivity index (χ3n) is 3.73. The van der Waals surface area contributed by atoms with Crippen LogP contribution in [-0.2, 0) is 6.54 Å². The molecule has 1 aromatic carbocycles. The van der Waals surface area contributed by atoms with Gasteiger partial charge in [0.1, 0.15) is 5.82 Å². The molecule has 4 nitrogen and oxygen atoms in total. The first-order chi connectivity index (χ1) is 9.81. The topological polar surface area (TPSA) is 47.1 Å². The number of rotatable bonds is 5. The number of imidazole rings is 1. The van der Waals surface area contributed by atoms with Crippen LogP contribution in [0.4, 0.5) is 10.3 Å². The highest BCUT2D eigenvalue weighted by Gasteiger charge is 2.16. The molecule has 0 amide bonds. The number of nitrogens with zero attached hydrogens (tertiary/aromatic N) is 3. The standard InChI is InChI=1S/C15H22BrFN4/c1-9(2)20(10(3)4)5-6-21-14-7-11(16)12(17)8-13(14)19-15(21)18/h7-10H,5-6H2,1-4H3,(H2,18,19). The van der Waals surface area contributed by atoms with Crippen molar-refractivity contribution in [1.29, 1.82) is 0 Å². The monoisotopic (exact) mass is 356 g/mol. The maximum absolute atomic E-state index is 13.6. The fourth-order valence-electron chi connectivity index (χ4n) is 2.70. The van der Waals surface area contributed by atoms with E-state index in [2.05, 4.69) is 53.5 Å². The Hall–Kier alpha value is -1.14. The maximum atomic E-state index is 13.6. The van der Waals surface area contributed by atoms with Crippen LogP contribution in [0.1, 0.15) is 27.7 Å². The second kappa shape index (κ2) is 6.32. The minimum Gasteiger partial charge on any atom is -0.369 e. The second-order valence-corrected chi connectivity index (χ2v) is 6.66. The summed E-state index contributed by atoms with van der Waals surface area (Å²) >= 11 is 3.22. The number of anilines is 1. The van der Waals surface area contributed by atoms with E-state index in [9.17, 15) is 4.39 Å². The summed E-state index contributed by atoms with van der Waals surface area (Å²) in [5.41, 5.74) is 7.43. The van der Waals surface area contributed by atoms with Gasteiger partial charge in [-0.3, -0.25) is 4.90 Å². The molecule has 2 N–H and O–H groups in total. The van der Waals surface area contributed by atoms with Gasteiger partial charge in [0.2, 0.25) is 5.95 Å². The third-order valence-corrected chi connectivity index (χ3v) is 4.34. The molecule has 0 unspecified atom stereocenters. The lowest BCUT2D eigenvalue weighted by molar-refractivity contribution is 0.169. The van der Waals surface area contributed by atoms with E-state index in [1.165, 1.54) is 6.07 Å². The molecule has 0 aliphatic heterocycles. The van der Waals surface area contributed by atoms with Gasteiger partial charge in [-0.1, -0.05) is 0 Å². The SMILES string of the molecule is CC(C)N(CCn1c(N)nc2cc(F)c(Br)cc21)C(C)C. The van der Waals surface area contributed by atoms with Crippen molar-refractivity contribution in [3.8, 4) is 0 Å². The van der Waals surface area contributed by atoms with Crippen LogP contribution < -0.4 is 5.73 Å². The Labute approximate surface area is 133 Å². The molecule has 116 valence electrons. The van der Waals surface area contributed by atoms with E-state index in [0.29, 0.717) is 28.0 Å². The van der Waals surface area contributed by atoms with E-state index in [-0.39, 0.29) is 5.82 Å². The summed E-state index contributed by atoms with van der Waals surface area (Å²) in [5.74, 6) is 0.105. The van der Waals surface area contributed by atoms with Gasteiger partial charge in [0.25, 0.3) is 0 Å². The van der Waals surface area contributed by atoms with E-state index in [1.54, 1.807) is 6.07 Å². The summed E-state index contributed by atoms with van der Waals surface area (Å²) < 4.78 is 15.9. The summed E-state index contributed by atoms with van der Waals surface area (Å²) in [6.45, 7) is 10.3. The average molecular weight is 357 g/mol. The summed E-state index contributed by atoms with van der Waals surface area (Å²) in [6, 6.07) is 4.08. The first-order valence-corrected chi connectivity index (χ1v) is 7.97. The van der Waals surface area contributed by atoms with E-state index in [1.807, 2.05) is 4.57 Å². The molecule has 0 spiro atoms. The molecule has 0 aliphatic rings. The molecular formula is C15H22BrFN4. The van der Waals surface area contributed by atoms with E-state index in [0.717, 1.165) is 18.6 Å². The van der Waals surface area contributed by atoms with Crippen LogP contribution in [0, 0.1) is 5.82 Å². The predicted octanol–water partition coefficient (Wildman–Crippen LogP) is 3.64. The summed E-state index contributed by atoms with van der Waals surface area (Å²) in [4.78, 5) is 6.64. The molecule has 2 aromatic rings. The first-order valence-electron chi connectivity index (χ1n) is 7.17. The molecule has 0 aliphatic carbocycles. The average Bonchev–Trinajstić information content (AvgIpc) is 2.65. The quantitative estimate of drug-likeness (QED) is 0.889. The van der Waals surface area contributed by atoms with Gasteiger partial charge in [0, 0.05) is 31.2 Å². The second-order valence-electron chi connectivity index (χ2n) is 5.80. The molecule has 1 aromatic heterocycles. The molecule has 0 saturated carbocycles. The Balaban J connectivity index is 2.30. The molecule has 2 rings (SSSR count). The van der Waals surface area contributed by atoms with Gasteiger partial charge in [-0.15, -0.1) is 0 Å². The lowest BCUT2D eigenvalue weighted by atomic mass is 10.2. The van der Waals surface area contributed by atoms with Crippen molar-refractivity contribution in [1.82, 2.24) is 14.5 Å². The number of fused-ring (bicyclic) bond motifs is 1. The Bertz CT molecular complexity index is 628. The van der Waals surface area contributed by atoms with Gasteiger partial charge in [-0.25, -0.2) is 9.37 Å². The molecule has 0 bridgehead atoms. The van der Waals surface area contributed by atoms with Gasteiger partial charge in [0.15, 0.2) is 0 Å². The van der Waals surface area contributed by atoms with Crippen molar-refractivity contribution >= 4 is 32.9 Å². The molecule has 0 atom stereocenters. The van der Waals surface area contributed by atoms with Crippen LogP contribution in [0.5, 0.6) is 0 Å². The van der Waals surface area contributed by atoms with E-state index >= 15 is 0 Å². The number of nitrogens with two attached hydrogens (primary N) is 1. The van der Waals surface area contributed by atoms with Gasteiger partial charge >= 0.3 is 0 Å². The van der Waals surface area contributed by atoms with Crippen LogP contribution in [0.2, 0.25) is 0 Å². The smallest absolute Gasteiger partial charge is 0.201 e. The van der Waals surface area contributed by atoms with Crippen molar-refractivity contribution in [2.45, 2.75) is 46.3 Å². The summed E-state index contributed by atoms with van der Waals surface area (Å²) in [6.07, 6.45) is 0. The molecule has 0 fully saturated rings. The van der Waals surface area contributed by atoms with Crippen molar-refractivity contribution in [2.24, 2.45) is 0 Å². The minimum absolute atomic E-state index is 0.321. The Morgan fingerprint density at radius 2 is 1.90 bits per heavy atom. The maximum Gasteiger partial charge on any atom is 0.201 e. The Morgan fingerprint density at radius 1 is 1.29 bits per heavy atom. The van der Waals surface area contributed by atoms with Gasteiger partial charge in [0.05, 0.1) is 15.5 Å². The zero-order chi connectivity index (χ0) is 15.7. The molecule has 0 saturated heterocycles. The highest BCUT2D eigenvalue weighted by molar-refractivity contribution is 9.10. The zero-order valence-corrected chi connectivity index (χ0v) is 14.5. The molecule has 1 heterocycles. The fourth-order valence-corrected chi connectivity index (χ4v) is 3.03. The summed E-state index contributed by atoms with van der Waals surface area (Å²) in [5, 5.41) is 0. The molecule has 6 heteroatoms. The molecular weight excluding hydrogens is 335 g/mol. The number of hydrogen-bond acceptors (Lipinski definition) is 3. The van der Waals surface area contributed by atoms with Crippen LogP contribution in [-0.4, -0.2) is 33.1 Å². The first kappa shape index (κ1) is 16.2. The molecule has 21 heavy (non-hydrogen) atoms. The van der Waals surface area contributed by atoms with E-state index < -0.39 is 0 Å². The number of halogens is 2. The largest absolute Gasteiger partial charge is 0.369 e. The van der Waals surface area contributed by atoms with Crippen molar-refractivity contribution in [3.05, 3.63) is 22.4 Å². The third kappa shape index (κ3) is 3.37. The van der Waals surface area contributed by atoms with Crippen LogP contribution in [0.15, 0.2) is 16.6 Å². The Kier molecular flexibility index (Phi) is 4.88. The van der Waals surface area contributed by atoms with Crippen molar-refractivity contribution in [2.75, 3.05) is 12.3 Å². The normalized spacial score (nSPS) is 12.2. The highest BCUT2D eigenvalue weighted by atomic mass is 79.9. The van der Waals surface area contributed by atoms with Crippen molar-refractivity contribution in [3.63, 3.8) is 0 Å². The van der Waals surface area contributed by atoms with Crippen LogP contribution >= 0.6 is 15.9 Å². The van der Waals surface area contributed by atoms with Crippen LogP contribution in [0.25, 0.3) is 11.0 Å².